The molecule has 0 bridgehead atoms. The Labute approximate surface area is 127 Å². The minimum absolute atomic E-state index is 0.193. The van der Waals surface area contributed by atoms with Gasteiger partial charge in [-0.2, -0.15) is 0 Å². The topological polar surface area (TPSA) is 55.4 Å². The first-order valence-corrected chi connectivity index (χ1v) is 6.76. The Hall–Kier alpha value is -2.69. The molecule has 0 radical (unpaired) electrons. The fraction of sp³-hybridized carbons (Fsp3) is 0.176. The van der Waals surface area contributed by atoms with E-state index in [2.05, 4.69) is 5.32 Å². The zero-order valence-corrected chi connectivity index (χ0v) is 12.4. The normalized spacial score (nSPS) is 10.1. The summed E-state index contributed by atoms with van der Waals surface area (Å²) < 4.78 is 18.2. The van der Waals surface area contributed by atoms with E-state index in [1.807, 2.05) is 26.0 Å². The van der Waals surface area contributed by atoms with Crippen LogP contribution in [-0.4, -0.2) is 18.5 Å². The van der Waals surface area contributed by atoms with Crippen LogP contribution in [0.1, 0.15) is 21.5 Å². The van der Waals surface area contributed by atoms with E-state index in [9.17, 15) is 14.0 Å². The SMILES string of the molecule is Cc1ccc(NC(=O)COC(=O)c2ccccc2F)c(C)c1. The van der Waals surface area contributed by atoms with Gasteiger partial charge in [-0.3, -0.25) is 4.79 Å². The lowest BCUT2D eigenvalue weighted by atomic mass is 10.1. The third-order valence-corrected chi connectivity index (χ3v) is 3.08. The van der Waals surface area contributed by atoms with Crippen molar-refractivity contribution < 1.29 is 18.7 Å². The van der Waals surface area contributed by atoms with E-state index in [0.717, 1.165) is 17.2 Å². The maximum absolute atomic E-state index is 13.4. The molecule has 0 aromatic heterocycles. The molecule has 5 heteroatoms. The summed E-state index contributed by atoms with van der Waals surface area (Å²) in [7, 11) is 0. The van der Waals surface area contributed by atoms with E-state index in [0.29, 0.717) is 5.69 Å². The van der Waals surface area contributed by atoms with Gasteiger partial charge in [-0.15, -0.1) is 0 Å². The second-order valence-electron chi connectivity index (χ2n) is 4.92. The molecule has 0 atom stereocenters. The molecule has 0 saturated heterocycles. The molecule has 114 valence electrons. The summed E-state index contributed by atoms with van der Waals surface area (Å²) in [4.78, 5) is 23.5. The molecule has 0 aliphatic heterocycles. The van der Waals surface area contributed by atoms with Gasteiger partial charge in [0.25, 0.3) is 5.91 Å². The van der Waals surface area contributed by atoms with E-state index in [1.165, 1.54) is 18.2 Å². The van der Waals surface area contributed by atoms with Gasteiger partial charge in [0.15, 0.2) is 6.61 Å². The van der Waals surface area contributed by atoms with Crippen LogP contribution in [-0.2, 0) is 9.53 Å². The summed E-state index contributed by atoms with van der Waals surface area (Å²) in [5.41, 5.74) is 2.45. The average molecular weight is 301 g/mol. The molecule has 2 aromatic rings. The Kier molecular flexibility index (Phi) is 4.88. The van der Waals surface area contributed by atoms with Crippen LogP contribution in [0.2, 0.25) is 0 Å². The molecule has 0 unspecified atom stereocenters. The largest absolute Gasteiger partial charge is 0.452 e. The second-order valence-corrected chi connectivity index (χ2v) is 4.92. The van der Waals surface area contributed by atoms with E-state index in [1.54, 1.807) is 6.07 Å². The van der Waals surface area contributed by atoms with Crippen molar-refractivity contribution in [3.8, 4) is 0 Å². The van der Waals surface area contributed by atoms with Gasteiger partial charge >= 0.3 is 5.97 Å². The zero-order valence-electron chi connectivity index (χ0n) is 12.4. The smallest absolute Gasteiger partial charge is 0.341 e. The standard InChI is InChI=1S/C17H16FNO3/c1-11-7-8-15(12(2)9-11)19-16(20)10-22-17(21)13-5-3-4-6-14(13)18/h3-9H,10H2,1-2H3,(H,19,20). The summed E-state index contributed by atoms with van der Waals surface area (Å²) in [5.74, 6) is -2.02. The molecule has 22 heavy (non-hydrogen) atoms. The molecule has 0 aliphatic carbocycles. The van der Waals surface area contributed by atoms with Crippen molar-refractivity contribution in [2.75, 3.05) is 11.9 Å². The monoisotopic (exact) mass is 301 g/mol. The lowest BCUT2D eigenvalue weighted by molar-refractivity contribution is -0.119. The lowest BCUT2D eigenvalue weighted by Crippen LogP contribution is -2.21. The molecular weight excluding hydrogens is 285 g/mol. The van der Waals surface area contributed by atoms with E-state index in [4.69, 9.17) is 4.74 Å². The Morgan fingerprint density at radius 1 is 1.14 bits per heavy atom. The number of hydrogen-bond acceptors (Lipinski definition) is 3. The zero-order chi connectivity index (χ0) is 16.1. The highest BCUT2D eigenvalue weighted by atomic mass is 19.1. The number of anilines is 1. The van der Waals surface area contributed by atoms with Crippen molar-refractivity contribution in [3.63, 3.8) is 0 Å². The third-order valence-electron chi connectivity index (χ3n) is 3.08. The quantitative estimate of drug-likeness (QED) is 0.882. The summed E-state index contributed by atoms with van der Waals surface area (Å²) in [6, 6.07) is 11.0. The summed E-state index contributed by atoms with van der Waals surface area (Å²) in [5, 5.41) is 2.65. The summed E-state index contributed by atoms with van der Waals surface area (Å²) in [6.07, 6.45) is 0. The highest BCUT2D eigenvalue weighted by Gasteiger charge is 2.14. The molecule has 2 aromatic carbocycles. The Bertz CT molecular complexity index is 713. The maximum Gasteiger partial charge on any atom is 0.341 e. The van der Waals surface area contributed by atoms with Gasteiger partial charge in [0.2, 0.25) is 0 Å². The molecule has 1 N–H and O–H groups in total. The van der Waals surface area contributed by atoms with Crippen LogP contribution < -0.4 is 5.32 Å². The number of carbonyl (C=O) groups is 2. The van der Waals surface area contributed by atoms with Crippen molar-refractivity contribution in [2.45, 2.75) is 13.8 Å². The van der Waals surface area contributed by atoms with Crippen LogP contribution in [0.25, 0.3) is 0 Å². The molecule has 1 amide bonds. The van der Waals surface area contributed by atoms with Crippen LogP contribution in [0.5, 0.6) is 0 Å². The Morgan fingerprint density at radius 3 is 2.55 bits per heavy atom. The van der Waals surface area contributed by atoms with Gasteiger partial charge in [0, 0.05) is 5.69 Å². The highest BCUT2D eigenvalue weighted by molar-refractivity contribution is 5.96. The minimum Gasteiger partial charge on any atom is -0.452 e. The fourth-order valence-electron chi connectivity index (χ4n) is 1.98. The molecule has 0 fully saturated rings. The Morgan fingerprint density at radius 2 is 1.86 bits per heavy atom. The number of hydrogen-bond donors (Lipinski definition) is 1. The maximum atomic E-state index is 13.4. The molecule has 4 nitrogen and oxygen atoms in total. The van der Waals surface area contributed by atoms with Crippen LogP contribution >= 0.6 is 0 Å². The molecular formula is C17H16FNO3. The molecule has 0 heterocycles. The van der Waals surface area contributed by atoms with E-state index < -0.39 is 24.3 Å². The predicted molar refractivity (Wildman–Crippen MR) is 81.2 cm³/mol. The average Bonchev–Trinajstić information content (AvgIpc) is 2.48. The predicted octanol–water partition coefficient (Wildman–Crippen LogP) is 3.24. The van der Waals surface area contributed by atoms with Crippen molar-refractivity contribution in [1.29, 1.82) is 0 Å². The first-order valence-electron chi connectivity index (χ1n) is 6.76. The highest BCUT2D eigenvalue weighted by Crippen LogP contribution is 2.16. The number of halogens is 1. The number of ether oxygens (including phenoxy) is 1. The number of esters is 1. The van der Waals surface area contributed by atoms with Gasteiger partial charge in [-0.25, -0.2) is 9.18 Å². The fourth-order valence-corrected chi connectivity index (χ4v) is 1.98. The van der Waals surface area contributed by atoms with Crippen molar-refractivity contribution >= 4 is 17.6 Å². The molecule has 0 saturated carbocycles. The van der Waals surface area contributed by atoms with Gasteiger partial charge in [0.1, 0.15) is 5.82 Å². The van der Waals surface area contributed by atoms with Crippen molar-refractivity contribution in [2.24, 2.45) is 0 Å². The number of nitrogens with one attached hydrogen (secondary N) is 1. The lowest BCUT2D eigenvalue weighted by Gasteiger charge is -2.09. The Balaban J connectivity index is 1.93. The van der Waals surface area contributed by atoms with E-state index in [-0.39, 0.29) is 5.56 Å². The van der Waals surface area contributed by atoms with Crippen molar-refractivity contribution in [3.05, 3.63) is 65.0 Å². The van der Waals surface area contributed by atoms with Gasteiger partial charge in [-0.1, -0.05) is 29.8 Å². The van der Waals surface area contributed by atoms with Gasteiger partial charge in [0.05, 0.1) is 5.56 Å². The molecule has 2 rings (SSSR count). The van der Waals surface area contributed by atoms with Crippen LogP contribution in [0, 0.1) is 19.7 Å². The second kappa shape index (κ2) is 6.85. The van der Waals surface area contributed by atoms with Gasteiger partial charge in [-0.05, 0) is 37.6 Å². The van der Waals surface area contributed by atoms with Crippen LogP contribution in [0.15, 0.2) is 42.5 Å². The number of amides is 1. The van der Waals surface area contributed by atoms with Crippen LogP contribution in [0.3, 0.4) is 0 Å². The number of benzene rings is 2. The molecule has 0 aliphatic rings. The minimum atomic E-state index is -0.867. The third kappa shape index (κ3) is 3.91. The number of carbonyl (C=O) groups excluding carboxylic acids is 2. The number of rotatable bonds is 4. The first-order chi connectivity index (χ1) is 10.5. The molecule has 0 spiro atoms. The number of aryl methyl sites for hydroxylation is 2. The summed E-state index contributed by atoms with van der Waals surface area (Å²) >= 11 is 0. The summed E-state index contributed by atoms with van der Waals surface area (Å²) in [6.45, 7) is 3.35. The van der Waals surface area contributed by atoms with Gasteiger partial charge < -0.3 is 10.1 Å². The van der Waals surface area contributed by atoms with E-state index >= 15 is 0 Å². The van der Waals surface area contributed by atoms with Crippen LogP contribution in [0.4, 0.5) is 10.1 Å². The first kappa shape index (κ1) is 15.7. The van der Waals surface area contributed by atoms with Crippen molar-refractivity contribution in [1.82, 2.24) is 0 Å².